The molecule has 28 heavy (non-hydrogen) atoms. The lowest BCUT2D eigenvalue weighted by Crippen LogP contribution is -2.14. The fourth-order valence-electron chi connectivity index (χ4n) is 2.39. The minimum Gasteiger partial charge on any atom is -0.454 e. The number of hydrogen-bond donors (Lipinski definition) is 1. The van der Waals surface area contributed by atoms with Crippen LogP contribution in [0.25, 0.3) is 0 Å². The van der Waals surface area contributed by atoms with Crippen molar-refractivity contribution in [3.8, 4) is 11.5 Å². The van der Waals surface area contributed by atoms with Crippen molar-refractivity contribution in [1.82, 2.24) is 15.2 Å². The summed E-state index contributed by atoms with van der Waals surface area (Å²) in [6.07, 6.45) is 0.145. The van der Waals surface area contributed by atoms with E-state index in [1.165, 1.54) is 34.4 Å². The predicted octanol–water partition coefficient (Wildman–Crippen LogP) is 3.19. The second kappa shape index (κ2) is 8.25. The lowest BCUT2D eigenvalue weighted by atomic mass is 10.1. The maximum absolute atomic E-state index is 12.4. The number of carbonyl (C=O) groups is 2. The molecule has 0 unspecified atom stereocenters. The summed E-state index contributed by atoms with van der Waals surface area (Å²) in [5.41, 5.74) is 1.22. The van der Waals surface area contributed by atoms with Gasteiger partial charge in [-0.05, 0) is 25.1 Å². The lowest BCUT2D eigenvalue weighted by molar-refractivity contribution is -0.115. The SMILES string of the molecule is Cc1nnc(NC(=O)Cc2csc(SCC(=O)c3ccc4c(c3)OCO4)n2)s1. The van der Waals surface area contributed by atoms with Crippen LogP contribution in [0.3, 0.4) is 0 Å². The van der Waals surface area contributed by atoms with Crippen LogP contribution in [0.2, 0.25) is 0 Å². The van der Waals surface area contributed by atoms with E-state index in [9.17, 15) is 9.59 Å². The molecule has 2 aromatic heterocycles. The van der Waals surface area contributed by atoms with Crippen molar-refractivity contribution in [2.24, 2.45) is 0 Å². The van der Waals surface area contributed by atoms with Crippen molar-refractivity contribution in [1.29, 1.82) is 0 Å². The smallest absolute Gasteiger partial charge is 0.232 e. The topological polar surface area (TPSA) is 103 Å². The second-order valence-electron chi connectivity index (χ2n) is 5.74. The highest BCUT2D eigenvalue weighted by Crippen LogP contribution is 2.33. The van der Waals surface area contributed by atoms with E-state index in [0.717, 1.165) is 9.35 Å². The number of ketones is 1. The molecule has 3 aromatic rings. The number of benzene rings is 1. The molecule has 1 aromatic carbocycles. The number of rotatable bonds is 7. The first-order valence-electron chi connectivity index (χ1n) is 8.17. The van der Waals surface area contributed by atoms with Gasteiger partial charge in [0.25, 0.3) is 0 Å². The van der Waals surface area contributed by atoms with Gasteiger partial charge in [0.2, 0.25) is 17.8 Å². The molecule has 1 aliphatic heterocycles. The number of anilines is 1. The molecule has 3 heterocycles. The minimum atomic E-state index is -0.200. The third-order valence-corrected chi connectivity index (χ3v) is 6.49. The molecule has 0 radical (unpaired) electrons. The number of hydrogen-bond acceptors (Lipinski definition) is 10. The van der Waals surface area contributed by atoms with Crippen LogP contribution in [0.5, 0.6) is 11.5 Å². The van der Waals surface area contributed by atoms with Gasteiger partial charge in [-0.25, -0.2) is 4.98 Å². The predicted molar refractivity (Wildman–Crippen MR) is 107 cm³/mol. The van der Waals surface area contributed by atoms with Gasteiger partial charge in [0.1, 0.15) is 5.01 Å². The molecule has 0 bridgehead atoms. The molecular weight excluding hydrogens is 420 g/mol. The van der Waals surface area contributed by atoms with Crippen LogP contribution in [0.15, 0.2) is 27.9 Å². The van der Waals surface area contributed by atoms with Crippen molar-refractivity contribution < 1.29 is 19.1 Å². The molecule has 0 aliphatic carbocycles. The Kier molecular flexibility index (Phi) is 5.55. The van der Waals surface area contributed by atoms with Crippen LogP contribution in [-0.4, -0.2) is 39.4 Å². The van der Waals surface area contributed by atoms with Gasteiger partial charge in [-0.1, -0.05) is 23.1 Å². The number of amides is 1. The Morgan fingerprint density at radius 2 is 2.11 bits per heavy atom. The molecule has 1 aliphatic rings. The first-order valence-corrected chi connectivity index (χ1v) is 10.8. The normalized spacial score (nSPS) is 12.2. The monoisotopic (exact) mass is 434 g/mol. The highest BCUT2D eigenvalue weighted by atomic mass is 32.2. The van der Waals surface area contributed by atoms with E-state index in [1.807, 2.05) is 12.3 Å². The average Bonchev–Trinajstić information content (AvgIpc) is 3.40. The van der Waals surface area contributed by atoms with Gasteiger partial charge in [-0.15, -0.1) is 21.5 Å². The number of thioether (sulfide) groups is 1. The van der Waals surface area contributed by atoms with Crippen molar-refractivity contribution >= 4 is 51.3 Å². The van der Waals surface area contributed by atoms with Gasteiger partial charge in [-0.2, -0.15) is 0 Å². The quantitative estimate of drug-likeness (QED) is 0.447. The number of aromatic nitrogens is 3. The van der Waals surface area contributed by atoms with Crippen LogP contribution < -0.4 is 14.8 Å². The van der Waals surface area contributed by atoms with Gasteiger partial charge in [0.15, 0.2) is 21.6 Å². The number of nitrogens with zero attached hydrogens (tertiary/aromatic N) is 3. The summed E-state index contributed by atoms with van der Waals surface area (Å²) in [6.45, 7) is 2.00. The Labute approximate surface area is 172 Å². The van der Waals surface area contributed by atoms with Crippen LogP contribution in [0.4, 0.5) is 5.13 Å². The Hall–Kier alpha value is -2.50. The van der Waals surface area contributed by atoms with Crippen LogP contribution in [0.1, 0.15) is 21.1 Å². The molecule has 0 spiro atoms. The zero-order valence-corrected chi connectivity index (χ0v) is 17.1. The van der Waals surface area contributed by atoms with Crippen LogP contribution >= 0.6 is 34.4 Å². The molecule has 1 amide bonds. The van der Waals surface area contributed by atoms with E-state index < -0.39 is 0 Å². The maximum atomic E-state index is 12.4. The van der Waals surface area contributed by atoms with E-state index in [-0.39, 0.29) is 30.7 Å². The molecule has 11 heteroatoms. The van der Waals surface area contributed by atoms with E-state index >= 15 is 0 Å². The molecule has 1 N–H and O–H groups in total. The molecule has 0 saturated heterocycles. The first-order chi connectivity index (χ1) is 13.6. The Balaban J connectivity index is 1.29. The minimum absolute atomic E-state index is 0.0237. The standard InChI is InChI=1S/C17H14N4O4S3/c1-9-20-21-16(28-9)19-15(23)5-11-6-26-17(18-11)27-7-12(22)10-2-3-13-14(4-10)25-8-24-13/h2-4,6H,5,7-8H2,1H3,(H,19,21,23). The molecule has 0 saturated carbocycles. The Morgan fingerprint density at radius 3 is 2.93 bits per heavy atom. The maximum Gasteiger partial charge on any atom is 0.232 e. The number of aryl methyl sites for hydroxylation is 1. The number of nitrogens with one attached hydrogen (secondary N) is 1. The number of fused-ring (bicyclic) bond motifs is 1. The van der Waals surface area contributed by atoms with Crippen molar-refractivity contribution in [3.63, 3.8) is 0 Å². The number of carbonyl (C=O) groups excluding carboxylic acids is 2. The summed E-state index contributed by atoms with van der Waals surface area (Å²) < 4.78 is 11.3. The summed E-state index contributed by atoms with van der Waals surface area (Å²) >= 11 is 4.07. The summed E-state index contributed by atoms with van der Waals surface area (Å²) in [5.74, 6) is 1.27. The highest BCUT2D eigenvalue weighted by Gasteiger charge is 2.17. The summed E-state index contributed by atoms with van der Waals surface area (Å²) in [7, 11) is 0. The van der Waals surface area contributed by atoms with Gasteiger partial charge in [0, 0.05) is 10.9 Å². The summed E-state index contributed by atoms with van der Waals surface area (Å²) in [5, 5.41) is 13.5. The number of ether oxygens (including phenoxy) is 2. The molecule has 144 valence electrons. The van der Waals surface area contributed by atoms with Crippen LogP contribution in [-0.2, 0) is 11.2 Å². The van der Waals surface area contributed by atoms with E-state index in [4.69, 9.17) is 9.47 Å². The van der Waals surface area contributed by atoms with E-state index in [0.29, 0.717) is 27.9 Å². The fraction of sp³-hybridized carbons (Fsp3) is 0.235. The summed E-state index contributed by atoms with van der Waals surface area (Å²) in [6, 6.07) is 5.15. The van der Waals surface area contributed by atoms with Gasteiger partial charge in [0.05, 0.1) is 17.9 Å². The van der Waals surface area contributed by atoms with Crippen LogP contribution in [0, 0.1) is 6.92 Å². The van der Waals surface area contributed by atoms with E-state index in [2.05, 4.69) is 20.5 Å². The van der Waals surface area contributed by atoms with Gasteiger partial charge >= 0.3 is 0 Å². The first kappa shape index (κ1) is 18.8. The molecule has 8 nitrogen and oxygen atoms in total. The zero-order valence-electron chi connectivity index (χ0n) is 14.6. The number of Topliss-reactive ketones (excluding diaryl/α,β-unsaturated/α-hetero) is 1. The lowest BCUT2D eigenvalue weighted by Gasteiger charge is -2.01. The van der Waals surface area contributed by atoms with Crippen molar-refractivity contribution in [2.75, 3.05) is 17.9 Å². The zero-order chi connectivity index (χ0) is 19.5. The van der Waals surface area contributed by atoms with Gasteiger partial charge in [-0.3, -0.25) is 9.59 Å². The Morgan fingerprint density at radius 1 is 1.25 bits per heavy atom. The third kappa shape index (κ3) is 4.49. The molecule has 4 rings (SSSR count). The van der Waals surface area contributed by atoms with Crippen molar-refractivity contribution in [3.05, 3.63) is 39.8 Å². The van der Waals surface area contributed by atoms with E-state index in [1.54, 1.807) is 18.2 Å². The molecule has 0 atom stereocenters. The third-order valence-electron chi connectivity index (χ3n) is 3.67. The van der Waals surface area contributed by atoms with Crippen molar-refractivity contribution in [2.45, 2.75) is 17.7 Å². The fourth-order valence-corrected chi connectivity index (χ4v) is 4.74. The highest BCUT2D eigenvalue weighted by molar-refractivity contribution is 8.01. The number of thiazole rings is 1. The van der Waals surface area contributed by atoms with Gasteiger partial charge < -0.3 is 14.8 Å². The second-order valence-corrected chi connectivity index (χ2v) is 9.00. The molecule has 0 fully saturated rings. The average molecular weight is 435 g/mol. The summed E-state index contributed by atoms with van der Waals surface area (Å²) in [4.78, 5) is 28.9. The molecular formula is C17H14N4O4S3. The largest absolute Gasteiger partial charge is 0.454 e. The Bertz CT molecular complexity index is 1030.